The zero-order valence-electron chi connectivity index (χ0n) is 26.9. The van der Waals surface area contributed by atoms with E-state index in [4.69, 9.17) is 4.42 Å². The van der Waals surface area contributed by atoms with E-state index in [1.165, 1.54) is 52.8 Å². The van der Waals surface area contributed by atoms with E-state index in [0.29, 0.717) is 0 Å². The van der Waals surface area contributed by atoms with E-state index in [1.807, 2.05) is 17.4 Å². The predicted molar refractivity (Wildman–Crippen MR) is 213 cm³/mol. The topological polar surface area (TPSA) is 21.3 Å². The van der Waals surface area contributed by atoms with Crippen molar-refractivity contribution in [3.05, 3.63) is 170 Å². The fraction of sp³-hybridized carbons (Fsp3) is 0. The predicted octanol–water partition coefficient (Wildman–Crippen LogP) is 13.7. The number of nitrogens with zero attached hydrogens (tertiary/aromatic N) is 2. The maximum absolute atomic E-state index is 6.61. The van der Waals surface area contributed by atoms with Crippen molar-refractivity contribution < 1.29 is 4.42 Å². The molecule has 0 saturated carbocycles. The van der Waals surface area contributed by atoms with Crippen molar-refractivity contribution in [1.29, 1.82) is 0 Å². The summed E-state index contributed by atoms with van der Waals surface area (Å²) in [6, 6.07) is 61.2. The summed E-state index contributed by atoms with van der Waals surface area (Å²) in [5, 5.41) is 9.64. The van der Waals surface area contributed by atoms with Crippen LogP contribution >= 0.6 is 11.3 Å². The first-order chi connectivity index (χ1) is 24.8. The molecule has 3 nitrogen and oxygen atoms in total. The first kappa shape index (κ1) is 27.6. The molecule has 0 N–H and O–H groups in total. The Morgan fingerprint density at radius 3 is 2.00 bits per heavy atom. The molecule has 0 fully saturated rings. The van der Waals surface area contributed by atoms with Gasteiger partial charge in [-0.2, -0.15) is 0 Å². The first-order valence-corrected chi connectivity index (χ1v) is 17.8. The zero-order valence-corrected chi connectivity index (χ0v) is 27.7. The fourth-order valence-corrected chi connectivity index (χ4v) is 9.23. The lowest BCUT2D eigenvalue weighted by molar-refractivity contribution is 0.669. The minimum atomic E-state index is 0.884. The van der Waals surface area contributed by atoms with Gasteiger partial charge in [-0.3, -0.25) is 0 Å². The molecule has 8 aromatic carbocycles. The van der Waals surface area contributed by atoms with Gasteiger partial charge in [0.25, 0.3) is 0 Å². The van der Waals surface area contributed by atoms with Crippen molar-refractivity contribution in [1.82, 2.24) is 4.57 Å². The van der Waals surface area contributed by atoms with Crippen molar-refractivity contribution in [3.8, 4) is 5.69 Å². The molecule has 234 valence electrons. The molecule has 11 aromatic rings. The third-order valence-electron chi connectivity index (χ3n) is 10.2. The Labute approximate surface area is 291 Å². The molecular formula is C46H28N2OS. The van der Waals surface area contributed by atoms with Crippen molar-refractivity contribution in [2.24, 2.45) is 0 Å². The van der Waals surface area contributed by atoms with Crippen LogP contribution in [0.5, 0.6) is 0 Å². The van der Waals surface area contributed by atoms with Crippen LogP contribution in [0.3, 0.4) is 0 Å². The fourth-order valence-electron chi connectivity index (χ4n) is 8.03. The minimum Gasteiger partial charge on any atom is -0.456 e. The lowest BCUT2D eigenvalue weighted by Gasteiger charge is -2.28. The van der Waals surface area contributed by atoms with Crippen LogP contribution in [0.15, 0.2) is 174 Å². The van der Waals surface area contributed by atoms with Gasteiger partial charge in [0, 0.05) is 59.8 Å². The van der Waals surface area contributed by atoms with Crippen LogP contribution in [0.4, 0.5) is 17.1 Å². The highest BCUT2D eigenvalue weighted by atomic mass is 32.1. The molecule has 0 aliphatic heterocycles. The van der Waals surface area contributed by atoms with E-state index in [1.54, 1.807) is 0 Å². The second-order valence-corrected chi connectivity index (χ2v) is 13.9. The maximum atomic E-state index is 6.61. The number of hydrogen-bond donors (Lipinski definition) is 0. The molecule has 0 aliphatic rings. The molecule has 50 heavy (non-hydrogen) atoms. The Morgan fingerprint density at radius 1 is 0.440 bits per heavy atom. The van der Waals surface area contributed by atoms with E-state index >= 15 is 0 Å². The van der Waals surface area contributed by atoms with Gasteiger partial charge in [-0.25, -0.2) is 0 Å². The molecule has 3 heterocycles. The molecule has 0 aliphatic carbocycles. The number of hydrogen-bond acceptors (Lipinski definition) is 3. The summed E-state index contributed by atoms with van der Waals surface area (Å²) in [5.41, 5.74) is 8.64. The number of para-hydroxylation sites is 3. The molecule has 0 unspecified atom stereocenters. The average Bonchev–Trinajstić information content (AvgIpc) is 3.85. The molecule has 3 aromatic heterocycles. The van der Waals surface area contributed by atoms with Gasteiger partial charge < -0.3 is 13.9 Å². The Hall–Kier alpha value is -6.36. The van der Waals surface area contributed by atoms with E-state index in [2.05, 4.69) is 173 Å². The van der Waals surface area contributed by atoms with Gasteiger partial charge in [0.15, 0.2) is 0 Å². The number of furan rings is 1. The Morgan fingerprint density at radius 2 is 1.12 bits per heavy atom. The van der Waals surface area contributed by atoms with Crippen molar-refractivity contribution in [2.45, 2.75) is 0 Å². The van der Waals surface area contributed by atoms with Crippen LogP contribution in [0.2, 0.25) is 0 Å². The molecular weight excluding hydrogens is 629 g/mol. The highest BCUT2D eigenvalue weighted by Gasteiger charge is 2.24. The molecule has 0 radical (unpaired) electrons. The van der Waals surface area contributed by atoms with Gasteiger partial charge in [0.1, 0.15) is 11.2 Å². The number of rotatable bonds is 4. The van der Waals surface area contributed by atoms with Gasteiger partial charge in [0.05, 0.1) is 27.1 Å². The van der Waals surface area contributed by atoms with Crippen molar-refractivity contribution in [3.63, 3.8) is 0 Å². The second-order valence-electron chi connectivity index (χ2n) is 12.9. The highest BCUT2D eigenvalue weighted by Crippen LogP contribution is 2.49. The van der Waals surface area contributed by atoms with E-state index in [-0.39, 0.29) is 0 Å². The molecule has 0 bridgehead atoms. The molecule has 11 rings (SSSR count). The lowest BCUT2D eigenvalue weighted by atomic mass is 10.0. The normalized spacial score (nSPS) is 12.0. The van der Waals surface area contributed by atoms with E-state index in [0.717, 1.165) is 44.7 Å². The summed E-state index contributed by atoms with van der Waals surface area (Å²) >= 11 is 1.86. The average molecular weight is 657 g/mol. The standard InChI is InChI=1S/C46H28N2OS/c1-2-13-29(14-3-1)47-38-21-9-6-16-32(38)37-27-30(25-26-39(37)47)48(40-22-12-20-35-33-17-8-11-24-44(33)50-46(35)40)41-28-43-45(34-18-5-4-15-31(34)41)36-19-7-10-23-42(36)49-43/h1-28H. The summed E-state index contributed by atoms with van der Waals surface area (Å²) in [6.07, 6.45) is 0. The van der Waals surface area contributed by atoms with Crippen molar-refractivity contribution >= 4 is 103 Å². The number of benzene rings is 8. The summed E-state index contributed by atoms with van der Waals surface area (Å²) in [7, 11) is 0. The second kappa shape index (κ2) is 10.6. The summed E-state index contributed by atoms with van der Waals surface area (Å²) < 4.78 is 11.5. The Kier molecular flexibility index (Phi) is 5.83. The first-order valence-electron chi connectivity index (χ1n) is 16.9. The summed E-state index contributed by atoms with van der Waals surface area (Å²) in [4.78, 5) is 2.46. The number of anilines is 3. The highest BCUT2D eigenvalue weighted by molar-refractivity contribution is 7.26. The Bertz CT molecular complexity index is 3110. The minimum absolute atomic E-state index is 0.884. The summed E-state index contributed by atoms with van der Waals surface area (Å²) in [5.74, 6) is 0. The number of fused-ring (bicyclic) bond motifs is 11. The van der Waals surface area contributed by atoms with Crippen LogP contribution < -0.4 is 4.90 Å². The molecule has 4 heteroatoms. The van der Waals surface area contributed by atoms with Crippen LogP contribution in [-0.2, 0) is 0 Å². The van der Waals surface area contributed by atoms with Gasteiger partial charge in [-0.1, -0.05) is 109 Å². The maximum Gasteiger partial charge on any atom is 0.138 e. The van der Waals surface area contributed by atoms with Gasteiger partial charge >= 0.3 is 0 Å². The SMILES string of the molecule is c1ccc(-n2c3ccccc3c3cc(N(c4cc5oc6ccccc6c5c5ccccc45)c4cccc5c4sc4ccccc45)ccc32)cc1. The van der Waals surface area contributed by atoms with Crippen LogP contribution in [-0.4, -0.2) is 4.57 Å². The summed E-state index contributed by atoms with van der Waals surface area (Å²) in [6.45, 7) is 0. The van der Waals surface area contributed by atoms with Gasteiger partial charge in [-0.15, -0.1) is 11.3 Å². The third kappa shape index (κ3) is 3.91. The largest absolute Gasteiger partial charge is 0.456 e. The van der Waals surface area contributed by atoms with Gasteiger partial charge in [-0.05, 0) is 60.0 Å². The van der Waals surface area contributed by atoms with E-state index in [9.17, 15) is 0 Å². The van der Waals surface area contributed by atoms with Crippen LogP contribution in [0.1, 0.15) is 0 Å². The third-order valence-corrected chi connectivity index (χ3v) is 11.4. The van der Waals surface area contributed by atoms with Gasteiger partial charge in [0.2, 0.25) is 0 Å². The monoisotopic (exact) mass is 656 g/mol. The molecule has 0 amide bonds. The molecule has 0 atom stereocenters. The number of aromatic nitrogens is 1. The quantitative estimate of drug-likeness (QED) is 0.188. The zero-order chi connectivity index (χ0) is 32.8. The number of thiophene rings is 1. The van der Waals surface area contributed by atoms with Crippen LogP contribution in [0.25, 0.3) is 80.4 Å². The smallest absolute Gasteiger partial charge is 0.138 e. The molecule has 0 saturated heterocycles. The molecule has 0 spiro atoms. The lowest BCUT2D eigenvalue weighted by Crippen LogP contribution is -2.11. The Balaban J connectivity index is 1.26. The van der Waals surface area contributed by atoms with Crippen molar-refractivity contribution in [2.75, 3.05) is 4.90 Å². The van der Waals surface area contributed by atoms with Crippen LogP contribution in [0, 0.1) is 0 Å². The van der Waals surface area contributed by atoms with E-state index < -0.39 is 0 Å².